The second-order valence-electron chi connectivity index (χ2n) is 5.93. The Morgan fingerprint density at radius 3 is 2.75 bits per heavy atom. The third kappa shape index (κ3) is 3.88. The van der Waals surface area contributed by atoms with E-state index in [1.165, 1.54) is 6.42 Å². The minimum Gasteiger partial charge on any atom is -0.307 e. The summed E-state index contributed by atoms with van der Waals surface area (Å²) in [5.74, 6) is 0.661. The zero-order chi connectivity index (χ0) is 14.7. The monoisotopic (exact) mass is 314 g/mol. The zero-order valence-electron chi connectivity index (χ0n) is 12.5. The highest BCUT2D eigenvalue weighted by atomic mass is 35.5. The summed E-state index contributed by atoms with van der Waals surface area (Å²) < 4.78 is 0. The number of benzene rings is 1. The molecule has 1 aliphatic rings. The van der Waals surface area contributed by atoms with Crippen LogP contribution >= 0.6 is 23.2 Å². The van der Waals surface area contributed by atoms with E-state index in [-0.39, 0.29) is 0 Å². The SMILES string of the molecule is CCC(NC1CCN(C)CC1C)c1ccc(Cl)cc1Cl. The molecule has 3 unspecified atom stereocenters. The van der Waals surface area contributed by atoms with Gasteiger partial charge in [-0.05, 0) is 50.0 Å². The Kier molecular flexibility index (Phi) is 5.74. The van der Waals surface area contributed by atoms with Crippen molar-refractivity contribution in [2.24, 2.45) is 5.92 Å². The first-order valence-corrected chi connectivity index (χ1v) is 8.16. The Morgan fingerprint density at radius 1 is 1.40 bits per heavy atom. The lowest BCUT2D eigenvalue weighted by atomic mass is 9.92. The molecule has 1 aliphatic heterocycles. The third-order valence-electron chi connectivity index (χ3n) is 4.27. The molecular weight excluding hydrogens is 291 g/mol. The molecule has 1 saturated heterocycles. The lowest BCUT2D eigenvalue weighted by Crippen LogP contribution is -2.47. The fourth-order valence-corrected chi connectivity index (χ4v) is 3.61. The van der Waals surface area contributed by atoms with E-state index in [4.69, 9.17) is 23.2 Å². The molecule has 0 bridgehead atoms. The van der Waals surface area contributed by atoms with Crippen LogP contribution in [-0.2, 0) is 0 Å². The van der Waals surface area contributed by atoms with Crippen LogP contribution in [0, 0.1) is 5.92 Å². The fraction of sp³-hybridized carbons (Fsp3) is 0.625. The predicted molar refractivity (Wildman–Crippen MR) is 87.7 cm³/mol. The molecule has 1 heterocycles. The molecule has 2 rings (SSSR count). The number of hydrogen-bond acceptors (Lipinski definition) is 2. The van der Waals surface area contributed by atoms with Crippen LogP contribution in [0.1, 0.15) is 38.3 Å². The molecule has 0 radical (unpaired) electrons. The fourth-order valence-electron chi connectivity index (χ4n) is 3.07. The van der Waals surface area contributed by atoms with Crippen LogP contribution in [0.5, 0.6) is 0 Å². The van der Waals surface area contributed by atoms with Crippen LogP contribution < -0.4 is 5.32 Å². The van der Waals surface area contributed by atoms with Gasteiger partial charge in [0, 0.05) is 28.7 Å². The molecule has 112 valence electrons. The maximum Gasteiger partial charge on any atom is 0.0468 e. The van der Waals surface area contributed by atoms with Gasteiger partial charge < -0.3 is 10.2 Å². The normalized spacial score (nSPS) is 25.6. The van der Waals surface area contributed by atoms with Crippen molar-refractivity contribution in [3.63, 3.8) is 0 Å². The highest BCUT2D eigenvalue weighted by Crippen LogP contribution is 2.29. The average molecular weight is 315 g/mol. The average Bonchev–Trinajstić information content (AvgIpc) is 2.39. The van der Waals surface area contributed by atoms with Crippen LogP contribution in [0.4, 0.5) is 0 Å². The van der Waals surface area contributed by atoms with E-state index in [1.807, 2.05) is 18.2 Å². The van der Waals surface area contributed by atoms with Gasteiger partial charge in [-0.25, -0.2) is 0 Å². The second-order valence-corrected chi connectivity index (χ2v) is 6.77. The van der Waals surface area contributed by atoms with E-state index in [9.17, 15) is 0 Å². The minimum atomic E-state index is 0.302. The summed E-state index contributed by atoms with van der Waals surface area (Å²) in [4.78, 5) is 2.40. The van der Waals surface area contributed by atoms with Gasteiger partial charge in [0.05, 0.1) is 0 Å². The van der Waals surface area contributed by atoms with Gasteiger partial charge in [0.15, 0.2) is 0 Å². The van der Waals surface area contributed by atoms with E-state index >= 15 is 0 Å². The first kappa shape index (κ1) is 16.1. The van der Waals surface area contributed by atoms with Gasteiger partial charge in [-0.3, -0.25) is 0 Å². The van der Waals surface area contributed by atoms with Crippen molar-refractivity contribution in [3.8, 4) is 0 Å². The number of nitrogens with one attached hydrogen (secondary N) is 1. The molecule has 3 atom stereocenters. The number of halogens is 2. The summed E-state index contributed by atoms with van der Waals surface area (Å²) in [5.41, 5.74) is 1.16. The zero-order valence-corrected chi connectivity index (χ0v) is 14.0. The molecule has 4 heteroatoms. The Hall–Kier alpha value is -0.280. The second kappa shape index (κ2) is 7.13. The summed E-state index contributed by atoms with van der Waals surface area (Å²) in [6, 6.07) is 6.66. The van der Waals surface area contributed by atoms with Crippen molar-refractivity contribution >= 4 is 23.2 Å². The van der Waals surface area contributed by atoms with E-state index < -0.39 is 0 Å². The molecule has 1 aromatic carbocycles. The number of likely N-dealkylation sites (tertiary alicyclic amines) is 1. The first-order valence-electron chi connectivity index (χ1n) is 7.40. The predicted octanol–water partition coefficient (Wildman–Crippen LogP) is 4.37. The number of rotatable bonds is 4. The smallest absolute Gasteiger partial charge is 0.0468 e. The molecule has 0 amide bonds. The molecule has 1 aromatic rings. The summed E-state index contributed by atoms with van der Waals surface area (Å²) in [5, 5.41) is 5.26. The van der Waals surface area contributed by atoms with Crippen LogP contribution in [0.2, 0.25) is 10.0 Å². The van der Waals surface area contributed by atoms with E-state index in [0.29, 0.717) is 23.0 Å². The van der Waals surface area contributed by atoms with Crippen LogP contribution in [-0.4, -0.2) is 31.1 Å². The van der Waals surface area contributed by atoms with Crippen molar-refractivity contribution < 1.29 is 0 Å². The number of nitrogens with zero attached hydrogens (tertiary/aromatic N) is 1. The van der Waals surface area contributed by atoms with Gasteiger partial charge >= 0.3 is 0 Å². The summed E-state index contributed by atoms with van der Waals surface area (Å²) in [6.45, 7) is 6.83. The molecule has 0 aromatic heterocycles. The van der Waals surface area contributed by atoms with Crippen LogP contribution in [0.3, 0.4) is 0 Å². The lowest BCUT2D eigenvalue weighted by molar-refractivity contribution is 0.165. The van der Waals surface area contributed by atoms with Gasteiger partial charge in [0.1, 0.15) is 0 Å². The Morgan fingerprint density at radius 2 is 2.15 bits per heavy atom. The van der Waals surface area contributed by atoms with Gasteiger partial charge in [-0.1, -0.05) is 43.1 Å². The van der Waals surface area contributed by atoms with Gasteiger partial charge in [0.25, 0.3) is 0 Å². The topological polar surface area (TPSA) is 15.3 Å². The maximum absolute atomic E-state index is 6.35. The molecule has 0 aliphatic carbocycles. The summed E-state index contributed by atoms with van der Waals surface area (Å²) in [6.07, 6.45) is 2.22. The van der Waals surface area contributed by atoms with Crippen molar-refractivity contribution in [3.05, 3.63) is 33.8 Å². The molecule has 0 saturated carbocycles. The minimum absolute atomic E-state index is 0.302. The quantitative estimate of drug-likeness (QED) is 0.887. The largest absolute Gasteiger partial charge is 0.307 e. The molecule has 0 spiro atoms. The van der Waals surface area contributed by atoms with Crippen molar-refractivity contribution in [1.29, 1.82) is 0 Å². The molecule has 1 fully saturated rings. The Bertz CT molecular complexity index is 450. The van der Waals surface area contributed by atoms with Crippen molar-refractivity contribution in [1.82, 2.24) is 10.2 Å². The third-order valence-corrected chi connectivity index (χ3v) is 4.83. The van der Waals surface area contributed by atoms with Gasteiger partial charge in [-0.2, -0.15) is 0 Å². The number of piperidine rings is 1. The summed E-state index contributed by atoms with van der Waals surface area (Å²) >= 11 is 12.3. The first-order chi connectivity index (χ1) is 9.51. The van der Waals surface area contributed by atoms with Gasteiger partial charge in [0.2, 0.25) is 0 Å². The highest BCUT2D eigenvalue weighted by Gasteiger charge is 2.26. The maximum atomic E-state index is 6.35. The van der Waals surface area contributed by atoms with Crippen LogP contribution in [0.15, 0.2) is 18.2 Å². The molecule has 2 nitrogen and oxygen atoms in total. The lowest BCUT2D eigenvalue weighted by Gasteiger charge is -2.37. The van der Waals surface area contributed by atoms with Crippen LogP contribution in [0.25, 0.3) is 0 Å². The standard InChI is InChI=1S/C16H24Cl2N2/c1-4-15(13-6-5-12(17)9-14(13)18)19-16-7-8-20(3)10-11(16)2/h5-6,9,11,15-16,19H,4,7-8,10H2,1-3H3. The Balaban J connectivity index is 2.09. The highest BCUT2D eigenvalue weighted by molar-refractivity contribution is 6.35. The molecule has 1 N–H and O–H groups in total. The summed E-state index contributed by atoms with van der Waals surface area (Å²) in [7, 11) is 2.19. The van der Waals surface area contributed by atoms with Gasteiger partial charge in [-0.15, -0.1) is 0 Å². The van der Waals surface area contributed by atoms with E-state index in [2.05, 4.69) is 31.1 Å². The Labute approximate surface area is 132 Å². The van der Waals surface area contributed by atoms with E-state index in [0.717, 1.165) is 30.1 Å². The van der Waals surface area contributed by atoms with Crippen molar-refractivity contribution in [2.75, 3.05) is 20.1 Å². The number of hydrogen-bond donors (Lipinski definition) is 1. The van der Waals surface area contributed by atoms with Crippen molar-refractivity contribution in [2.45, 2.75) is 38.8 Å². The molecule has 20 heavy (non-hydrogen) atoms. The molecular formula is C16H24Cl2N2. The van der Waals surface area contributed by atoms with E-state index in [1.54, 1.807) is 0 Å².